The molecule has 0 unspecified atom stereocenters. The van der Waals surface area contributed by atoms with E-state index < -0.39 is 0 Å². The molecule has 1 nitrogen and oxygen atoms in total. The average molecular weight is 662 g/mol. The van der Waals surface area contributed by atoms with E-state index in [0.29, 0.717) is 0 Å². The van der Waals surface area contributed by atoms with Crippen molar-refractivity contribution in [2.45, 2.75) is 163 Å². The number of hydrogen-bond donors (Lipinski definition) is 0. The molecule has 0 amide bonds. The van der Waals surface area contributed by atoms with Crippen LogP contribution in [0, 0.1) is 16.7 Å². The molecular weight excluding hydrogens is 611 g/mol. The van der Waals surface area contributed by atoms with Gasteiger partial charge in [0.25, 0.3) is 0 Å². The Morgan fingerprint density at radius 3 is 1.13 bits per heavy atom. The van der Waals surface area contributed by atoms with Crippen molar-refractivity contribution in [3.05, 3.63) is 35.4 Å². The van der Waals surface area contributed by atoms with Crippen LogP contribution >= 0.6 is 15.8 Å². The molecule has 0 aromatic heterocycles. The standard InChI is InChI=1S/C32H51P2.CHNS.Pd/c1-5-16-29(17-6-1)33(30-18-7-2-8-19-30)25-27-14-13-15-28(24-27)26-34(31-20-9-3-10-21-31)32-22-11-4-12-23-32;2-1-3;/h13-15,29-32H,1-12,16-23,25-26H2;3H;/q-1;;+2/p-1. The minimum absolute atomic E-state index is 0. The molecule has 4 saturated carbocycles. The largest absolute Gasteiger partial charge is 2.00 e. The van der Waals surface area contributed by atoms with E-state index in [9.17, 15) is 0 Å². The molecule has 38 heavy (non-hydrogen) atoms. The van der Waals surface area contributed by atoms with E-state index in [1.165, 1.54) is 146 Å². The first-order valence-corrected chi connectivity index (χ1v) is 19.5. The van der Waals surface area contributed by atoms with Gasteiger partial charge in [-0.15, -0.1) is 0 Å². The van der Waals surface area contributed by atoms with Crippen molar-refractivity contribution >= 4 is 28.5 Å². The number of nitrogens with zero attached hydrogens (tertiary/aromatic N) is 1. The second-order valence-electron chi connectivity index (χ2n) is 12.3. The molecule has 4 fully saturated rings. The van der Waals surface area contributed by atoms with E-state index in [1.807, 2.05) is 0 Å². The van der Waals surface area contributed by atoms with Gasteiger partial charge in [-0.05, 0) is 86.3 Å². The Hall–Kier alpha value is 0.452. The van der Waals surface area contributed by atoms with E-state index in [1.54, 1.807) is 11.1 Å². The van der Waals surface area contributed by atoms with Gasteiger partial charge in [0.1, 0.15) is 0 Å². The number of rotatable bonds is 8. The van der Waals surface area contributed by atoms with Crippen molar-refractivity contribution in [1.29, 1.82) is 5.26 Å². The summed E-state index contributed by atoms with van der Waals surface area (Å²) in [4.78, 5) is 0. The Kier molecular flexibility index (Phi) is 16.3. The average Bonchev–Trinajstić information content (AvgIpc) is 2.97. The molecule has 0 heterocycles. The van der Waals surface area contributed by atoms with Crippen LogP contribution in [0.1, 0.15) is 140 Å². The third-order valence-electron chi connectivity index (χ3n) is 9.80. The molecule has 4 aliphatic carbocycles. The summed E-state index contributed by atoms with van der Waals surface area (Å²) in [6.45, 7) is 0. The van der Waals surface area contributed by atoms with Gasteiger partial charge in [0.15, 0.2) is 0 Å². The summed E-state index contributed by atoms with van der Waals surface area (Å²) in [5.41, 5.74) is 7.44. The van der Waals surface area contributed by atoms with Crippen molar-refractivity contribution in [3.63, 3.8) is 0 Å². The molecule has 4 aliphatic rings. The van der Waals surface area contributed by atoms with Crippen LogP contribution in [0.2, 0.25) is 0 Å². The number of thiocyanates is 1. The summed E-state index contributed by atoms with van der Waals surface area (Å²) in [6.07, 6.45) is 33.1. The quantitative estimate of drug-likeness (QED) is 0.0910. The fourth-order valence-electron chi connectivity index (χ4n) is 7.91. The van der Waals surface area contributed by atoms with E-state index in [-0.39, 0.29) is 36.3 Å². The van der Waals surface area contributed by atoms with Crippen LogP contribution in [0.4, 0.5) is 0 Å². The zero-order chi connectivity index (χ0) is 25.7. The molecule has 0 spiro atoms. The Morgan fingerprint density at radius 1 is 0.605 bits per heavy atom. The Morgan fingerprint density at radius 2 is 0.868 bits per heavy atom. The summed E-state index contributed by atoms with van der Waals surface area (Å²) < 4.78 is 0. The normalized spacial score (nSPS) is 22.3. The Bertz CT molecular complexity index is 712. The Labute approximate surface area is 257 Å². The van der Waals surface area contributed by atoms with E-state index in [2.05, 4.69) is 36.9 Å². The summed E-state index contributed by atoms with van der Waals surface area (Å²) >= 11 is 3.70. The predicted octanol–water partition coefficient (Wildman–Crippen LogP) is 10.8. The summed E-state index contributed by atoms with van der Waals surface area (Å²) in [5, 5.41) is 8.47. The van der Waals surface area contributed by atoms with Gasteiger partial charge in [0.2, 0.25) is 0 Å². The first kappa shape index (κ1) is 33.0. The fourth-order valence-corrected chi connectivity index (χ4v) is 15.4. The zero-order valence-electron chi connectivity index (χ0n) is 23.7. The van der Waals surface area contributed by atoms with Gasteiger partial charge in [0.05, 0.1) is 0 Å². The molecule has 0 bridgehead atoms. The number of nitriles is 1. The van der Waals surface area contributed by atoms with E-state index in [4.69, 9.17) is 5.26 Å². The van der Waals surface area contributed by atoms with Gasteiger partial charge in [-0.2, -0.15) is 35.4 Å². The number of benzene rings is 1. The van der Waals surface area contributed by atoms with Crippen molar-refractivity contribution in [1.82, 2.24) is 0 Å². The van der Waals surface area contributed by atoms with Gasteiger partial charge in [0, 0.05) is 0 Å². The topological polar surface area (TPSA) is 23.8 Å². The van der Waals surface area contributed by atoms with Crippen LogP contribution in [0.3, 0.4) is 0 Å². The van der Waals surface area contributed by atoms with E-state index >= 15 is 0 Å². The molecule has 0 radical (unpaired) electrons. The third-order valence-corrected chi connectivity index (χ3v) is 17.0. The maximum absolute atomic E-state index is 7.13. The van der Waals surface area contributed by atoms with Gasteiger partial charge < -0.3 is 12.6 Å². The molecule has 1 aromatic carbocycles. The molecule has 214 valence electrons. The molecule has 5 heteroatoms. The molecule has 0 saturated heterocycles. The van der Waals surface area contributed by atoms with E-state index in [0.717, 1.165) is 22.6 Å². The van der Waals surface area contributed by atoms with Crippen molar-refractivity contribution in [2.24, 2.45) is 0 Å². The van der Waals surface area contributed by atoms with Crippen LogP contribution in [-0.4, -0.2) is 22.6 Å². The molecule has 0 aliphatic heterocycles. The molecule has 5 rings (SSSR count). The minimum Gasteiger partial charge on any atom is -0.696 e. The van der Waals surface area contributed by atoms with Crippen LogP contribution in [-0.2, 0) is 45.4 Å². The number of hydrogen-bond acceptors (Lipinski definition) is 2. The summed E-state index contributed by atoms with van der Waals surface area (Å²) in [6, 6.07) is 11.4. The molecule has 1 aromatic rings. The van der Waals surface area contributed by atoms with Crippen molar-refractivity contribution in [2.75, 3.05) is 0 Å². The first-order valence-electron chi connectivity index (χ1n) is 15.8. The summed E-state index contributed by atoms with van der Waals surface area (Å²) in [7, 11) is 0.288. The maximum atomic E-state index is 7.13. The van der Waals surface area contributed by atoms with Crippen LogP contribution in [0.25, 0.3) is 0 Å². The molecule has 0 N–H and O–H groups in total. The third kappa shape index (κ3) is 10.4. The smallest absolute Gasteiger partial charge is 0.696 e. The van der Waals surface area contributed by atoms with Crippen molar-refractivity contribution < 1.29 is 20.4 Å². The summed E-state index contributed by atoms with van der Waals surface area (Å²) in [5.74, 6) is 0. The van der Waals surface area contributed by atoms with Gasteiger partial charge in [-0.25, -0.2) is 5.26 Å². The van der Waals surface area contributed by atoms with Crippen LogP contribution in [0.15, 0.2) is 18.2 Å². The van der Waals surface area contributed by atoms with Crippen molar-refractivity contribution in [3.8, 4) is 5.40 Å². The zero-order valence-corrected chi connectivity index (χ0v) is 27.8. The molecule has 0 atom stereocenters. The fraction of sp³-hybridized carbons (Fsp3) is 0.788. The van der Waals surface area contributed by atoms with Gasteiger partial charge in [-0.1, -0.05) is 98.3 Å². The minimum atomic E-state index is 0. The first-order chi connectivity index (χ1) is 18.3. The van der Waals surface area contributed by atoms with Gasteiger partial charge >= 0.3 is 20.4 Å². The Balaban J connectivity index is 0.000000956. The van der Waals surface area contributed by atoms with Crippen LogP contribution in [0.5, 0.6) is 0 Å². The SMILES string of the molecule is N#C[S-].[Pd+2].[c-]1c(CP(C2CCCCC2)C2CCCCC2)cccc1CP(C1CCCCC1)C1CCCCC1. The van der Waals surface area contributed by atoms with Crippen LogP contribution < -0.4 is 0 Å². The maximum Gasteiger partial charge on any atom is 2.00 e. The second kappa shape index (κ2) is 18.8. The van der Waals surface area contributed by atoms with Gasteiger partial charge in [-0.3, -0.25) is 0 Å². The molecular formula is C33H51NP2PdS. The monoisotopic (exact) mass is 661 g/mol. The predicted molar refractivity (Wildman–Crippen MR) is 167 cm³/mol. The second-order valence-corrected chi connectivity index (χ2v) is 18.1.